The van der Waals surface area contributed by atoms with Gasteiger partial charge >= 0.3 is 5.97 Å². The first-order valence-electron chi connectivity index (χ1n) is 6.97. The molecule has 5 heteroatoms. The molecule has 1 aliphatic rings. The number of carboxylic acids is 1. The molecule has 1 aromatic rings. The summed E-state index contributed by atoms with van der Waals surface area (Å²) >= 11 is 0. The molecular weight excluding hydrogens is 256 g/mol. The molecule has 1 amide bonds. The monoisotopic (exact) mass is 276 g/mol. The molecule has 108 valence electrons. The van der Waals surface area contributed by atoms with E-state index in [1.807, 2.05) is 7.05 Å². The van der Waals surface area contributed by atoms with E-state index in [2.05, 4.69) is 11.9 Å². The fourth-order valence-electron chi connectivity index (χ4n) is 2.87. The summed E-state index contributed by atoms with van der Waals surface area (Å²) in [5.41, 5.74) is 0.394. The first-order valence-corrected chi connectivity index (χ1v) is 6.97. The first kappa shape index (κ1) is 14.5. The average molecular weight is 276 g/mol. The highest BCUT2D eigenvalue weighted by Crippen LogP contribution is 2.28. The van der Waals surface area contributed by atoms with Gasteiger partial charge in [0.2, 0.25) is 0 Å². The summed E-state index contributed by atoms with van der Waals surface area (Å²) in [6, 6.07) is 3.16. The molecular formula is C15H20N2O3. The van der Waals surface area contributed by atoms with E-state index in [0.717, 1.165) is 19.3 Å². The van der Waals surface area contributed by atoms with Crippen LogP contribution in [-0.4, -0.2) is 40.0 Å². The number of nitrogens with zero attached hydrogens (tertiary/aromatic N) is 2. The molecule has 0 radical (unpaired) electrons. The van der Waals surface area contributed by atoms with Crippen LogP contribution >= 0.6 is 0 Å². The Morgan fingerprint density at radius 3 is 2.55 bits per heavy atom. The van der Waals surface area contributed by atoms with Crippen LogP contribution in [0.4, 0.5) is 0 Å². The van der Waals surface area contributed by atoms with Crippen molar-refractivity contribution in [1.82, 2.24) is 9.88 Å². The molecule has 2 atom stereocenters. The number of hydrogen-bond acceptors (Lipinski definition) is 3. The number of aromatic carboxylic acids is 1. The molecule has 1 saturated carbocycles. The molecule has 0 unspecified atom stereocenters. The van der Waals surface area contributed by atoms with E-state index in [1.54, 1.807) is 4.90 Å². The van der Waals surface area contributed by atoms with Crippen LogP contribution in [0.2, 0.25) is 0 Å². The number of pyridine rings is 1. The third kappa shape index (κ3) is 2.98. The van der Waals surface area contributed by atoms with Crippen LogP contribution in [-0.2, 0) is 0 Å². The Bertz CT molecular complexity index is 498. The highest BCUT2D eigenvalue weighted by atomic mass is 16.4. The van der Waals surface area contributed by atoms with Crippen molar-refractivity contribution < 1.29 is 14.7 Å². The van der Waals surface area contributed by atoms with Gasteiger partial charge in [0.05, 0.1) is 5.56 Å². The summed E-state index contributed by atoms with van der Waals surface area (Å²) in [6.45, 7) is 2.18. The second kappa shape index (κ2) is 6.03. The van der Waals surface area contributed by atoms with Crippen LogP contribution in [0, 0.1) is 5.92 Å². The second-order valence-electron chi connectivity index (χ2n) is 5.48. The standard InChI is InChI=1S/C15H20N2O3/c1-10-5-3-4-6-13(10)17(2)14(18)11-7-8-12(15(19)20)16-9-11/h7-10,13H,3-6H2,1-2H3,(H,19,20)/t10-,13-/m1/s1. The maximum atomic E-state index is 12.4. The van der Waals surface area contributed by atoms with Gasteiger partial charge in [0.15, 0.2) is 0 Å². The zero-order chi connectivity index (χ0) is 14.7. The van der Waals surface area contributed by atoms with Crippen LogP contribution in [0.25, 0.3) is 0 Å². The van der Waals surface area contributed by atoms with Gasteiger partial charge in [-0.05, 0) is 30.9 Å². The zero-order valence-corrected chi connectivity index (χ0v) is 11.9. The lowest BCUT2D eigenvalue weighted by molar-refractivity contribution is 0.0625. The van der Waals surface area contributed by atoms with E-state index in [9.17, 15) is 9.59 Å². The minimum absolute atomic E-state index is 0.0461. The number of hydrogen-bond donors (Lipinski definition) is 1. The fourth-order valence-corrected chi connectivity index (χ4v) is 2.87. The highest BCUT2D eigenvalue weighted by molar-refractivity contribution is 5.95. The van der Waals surface area contributed by atoms with E-state index in [4.69, 9.17) is 5.11 Å². The molecule has 0 bridgehead atoms. The van der Waals surface area contributed by atoms with Crippen molar-refractivity contribution in [2.24, 2.45) is 5.92 Å². The summed E-state index contributed by atoms with van der Waals surface area (Å²) in [4.78, 5) is 28.7. The Morgan fingerprint density at radius 2 is 2.00 bits per heavy atom. The zero-order valence-electron chi connectivity index (χ0n) is 11.9. The molecule has 0 aromatic carbocycles. The molecule has 1 aliphatic carbocycles. The summed E-state index contributed by atoms with van der Waals surface area (Å²) < 4.78 is 0. The number of aromatic nitrogens is 1. The number of amides is 1. The van der Waals surface area contributed by atoms with Gasteiger partial charge in [-0.1, -0.05) is 19.8 Å². The van der Waals surface area contributed by atoms with Crippen molar-refractivity contribution in [3.05, 3.63) is 29.6 Å². The molecule has 2 rings (SSSR count). The number of carboxylic acid groups (broad SMARTS) is 1. The molecule has 1 aromatic heterocycles. The van der Waals surface area contributed by atoms with Crippen molar-refractivity contribution in [3.8, 4) is 0 Å². The van der Waals surface area contributed by atoms with E-state index in [1.165, 1.54) is 24.8 Å². The average Bonchev–Trinajstić information content (AvgIpc) is 2.46. The minimum Gasteiger partial charge on any atom is -0.477 e. The summed E-state index contributed by atoms with van der Waals surface area (Å²) in [5, 5.41) is 8.80. The van der Waals surface area contributed by atoms with Gasteiger partial charge in [0.25, 0.3) is 5.91 Å². The predicted molar refractivity (Wildman–Crippen MR) is 74.7 cm³/mol. The maximum absolute atomic E-state index is 12.4. The Balaban J connectivity index is 2.11. The van der Waals surface area contributed by atoms with Crippen molar-refractivity contribution in [2.75, 3.05) is 7.05 Å². The van der Waals surface area contributed by atoms with Crippen LogP contribution in [0.3, 0.4) is 0 Å². The largest absolute Gasteiger partial charge is 0.477 e. The highest BCUT2D eigenvalue weighted by Gasteiger charge is 2.28. The van der Waals surface area contributed by atoms with Crippen LogP contribution in [0.15, 0.2) is 18.3 Å². The molecule has 0 saturated heterocycles. The normalized spacial score (nSPS) is 22.3. The van der Waals surface area contributed by atoms with Crippen molar-refractivity contribution in [1.29, 1.82) is 0 Å². The van der Waals surface area contributed by atoms with Gasteiger partial charge < -0.3 is 10.0 Å². The van der Waals surface area contributed by atoms with Crippen molar-refractivity contribution in [2.45, 2.75) is 38.6 Å². The third-order valence-corrected chi connectivity index (χ3v) is 4.11. The van der Waals surface area contributed by atoms with E-state index in [-0.39, 0.29) is 17.6 Å². The fraction of sp³-hybridized carbons (Fsp3) is 0.533. The SMILES string of the molecule is C[C@@H]1CCCC[C@H]1N(C)C(=O)c1ccc(C(=O)O)nc1. The van der Waals surface area contributed by atoms with E-state index in [0.29, 0.717) is 11.5 Å². The van der Waals surface area contributed by atoms with Crippen LogP contribution in [0.5, 0.6) is 0 Å². The molecule has 1 fully saturated rings. The maximum Gasteiger partial charge on any atom is 0.354 e. The molecule has 1 heterocycles. The van der Waals surface area contributed by atoms with Crippen LogP contribution in [0.1, 0.15) is 53.5 Å². The van der Waals surface area contributed by atoms with Gasteiger partial charge in [-0.15, -0.1) is 0 Å². The smallest absolute Gasteiger partial charge is 0.354 e. The summed E-state index contributed by atoms with van der Waals surface area (Å²) in [5.74, 6) is -0.671. The Labute approximate surface area is 118 Å². The Hall–Kier alpha value is -1.91. The third-order valence-electron chi connectivity index (χ3n) is 4.11. The summed E-state index contributed by atoms with van der Waals surface area (Å²) in [6.07, 6.45) is 5.91. The predicted octanol–water partition coefficient (Wildman–Crippen LogP) is 2.43. The number of rotatable bonds is 3. The molecule has 0 spiro atoms. The van der Waals surface area contributed by atoms with Gasteiger partial charge in [-0.2, -0.15) is 0 Å². The quantitative estimate of drug-likeness (QED) is 0.920. The molecule has 1 N–H and O–H groups in total. The van der Waals surface area contributed by atoms with Crippen molar-refractivity contribution >= 4 is 11.9 Å². The number of carbonyl (C=O) groups excluding carboxylic acids is 1. The van der Waals surface area contributed by atoms with Crippen LogP contribution < -0.4 is 0 Å². The lowest BCUT2D eigenvalue weighted by atomic mass is 9.85. The van der Waals surface area contributed by atoms with Crippen molar-refractivity contribution in [3.63, 3.8) is 0 Å². The Kier molecular flexibility index (Phi) is 4.37. The van der Waals surface area contributed by atoms with E-state index < -0.39 is 5.97 Å². The van der Waals surface area contributed by atoms with Gasteiger partial charge in [0, 0.05) is 19.3 Å². The molecule has 5 nitrogen and oxygen atoms in total. The van der Waals surface area contributed by atoms with E-state index >= 15 is 0 Å². The molecule has 20 heavy (non-hydrogen) atoms. The Morgan fingerprint density at radius 1 is 1.30 bits per heavy atom. The second-order valence-corrected chi connectivity index (χ2v) is 5.48. The molecule has 0 aliphatic heterocycles. The summed E-state index contributed by atoms with van der Waals surface area (Å²) in [7, 11) is 1.82. The topological polar surface area (TPSA) is 70.5 Å². The minimum atomic E-state index is -1.08. The lowest BCUT2D eigenvalue weighted by Crippen LogP contribution is -2.42. The number of carbonyl (C=O) groups is 2. The first-order chi connectivity index (χ1) is 9.50. The van der Waals surface area contributed by atoms with Gasteiger partial charge in [-0.3, -0.25) is 4.79 Å². The lowest BCUT2D eigenvalue weighted by Gasteiger charge is -2.36. The van der Waals surface area contributed by atoms with Gasteiger partial charge in [0.1, 0.15) is 5.69 Å². The van der Waals surface area contributed by atoms with Gasteiger partial charge in [-0.25, -0.2) is 9.78 Å².